The lowest BCUT2D eigenvalue weighted by molar-refractivity contribution is -0.0408. The van der Waals surface area contributed by atoms with Crippen LogP contribution in [-0.4, -0.2) is 35.6 Å². The van der Waals surface area contributed by atoms with Gasteiger partial charge < -0.3 is 4.90 Å². The third-order valence-corrected chi connectivity index (χ3v) is 8.89. The van der Waals surface area contributed by atoms with Gasteiger partial charge in [-0.25, -0.2) is 0 Å². The molecule has 2 nitrogen and oxygen atoms in total. The third-order valence-electron chi connectivity index (χ3n) is 8.89. The van der Waals surface area contributed by atoms with E-state index in [0.29, 0.717) is 0 Å². The Morgan fingerprint density at radius 2 is 1.37 bits per heavy atom. The maximum atomic E-state index is 3.10. The van der Waals surface area contributed by atoms with Crippen LogP contribution in [0.25, 0.3) is 0 Å². The normalized spacial score (nSPS) is 41.4. The second kappa shape index (κ2) is 6.79. The zero-order valence-electron chi connectivity index (χ0n) is 16.9. The number of benzene rings is 1. The standard InChI is InChI=1S/C25H36N2/c1-2-10-25-20(7-1)11-12-26(25)23-16-21-8-4-9-22(17-23)27(21)24-14-18-5-3-6-19(13-18)15-24/h1-2,7,10,18-19,21-24H,3-6,8-9,11-17H2/t18-,19+,21-,22+,23+,24+. The summed E-state index contributed by atoms with van der Waals surface area (Å²) in [6, 6.07) is 12.7. The van der Waals surface area contributed by atoms with Crippen LogP contribution in [0.1, 0.15) is 76.2 Å². The number of anilines is 1. The molecule has 0 unspecified atom stereocenters. The van der Waals surface area contributed by atoms with Gasteiger partial charge in [-0.2, -0.15) is 0 Å². The molecule has 2 saturated carbocycles. The van der Waals surface area contributed by atoms with Gasteiger partial charge >= 0.3 is 0 Å². The molecule has 27 heavy (non-hydrogen) atoms. The summed E-state index contributed by atoms with van der Waals surface area (Å²) in [6.45, 7) is 1.26. The zero-order chi connectivity index (χ0) is 17.8. The van der Waals surface area contributed by atoms with Crippen molar-refractivity contribution in [3.05, 3.63) is 29.8 Å². The van der Waals surface area contributed by atoms with Crippen molar-refractivity contribution >= 4 is 5.69 Å². The highest BCUT2D eigenvalue weighted by atomic mass is 15.3. The van der Waals surface area contributed by atoms with E-state index < -0.39 is 0 Å². The molecule has 6 atom stereocenters. The van der Waals surface area contributed by atoms with Gasteiger partial charge in [0.05, 0.1) is 0 Å². The van der Waals surface area contributed by atoms with Crippen molar-refractivity contribution in [3.8, 4) is 0 Å². The van der Waals surface area contributed by atoms with Crippen LogP contribution in [0.3, 0.4) is 0 Å². The first-order chi connectivity index (χ1) is 13.3. The second-order valence-electron chi connectivity index (χ2n) is 10.4. The molecule has 2 heteroatoms. The highest BCUT2D eigenvalue weighted by Crippen LogP contribution is 2.47. The number of piperidine rings is 2. The molecule has 146 valence electrons. The molecule has 6 rings (SSSR count). The van der Waals surface area contributed by atoms with Crippen molar-refractivity contribution in [2.45, 2.75) is 101 Å². The summed E-state index contributed by atoms with van der Waals surface area (Å²) in [5.41, 5.74) is 3.14. The smallest absolute Gasteiger partial charge is 0.0402 e. The summed E-state index contributed by atoms with van der Waals surface area (Å²) >= 11 is 0. The van der Waals surface area contributed by atoms with Gasteiger partial charge in [-0.05, 0) is 74.8 Å². The lowest BCUT2D eigenvalue weighted by atomic mass is 9.68. The summed E-state index contributed by atoms with van der Waals surface area (Å²) < 4.78 is 0. The second-order valence-corrected chi connectivity index (χ2v) is 10.4. The first-order valence-corrected chi connectivity index (χ1v) is 12.0. The van der Waals surface area contributed by atoms with Crippen LogP contribution in [0, 0.1) is 11.8 Å². The highest BCUT2D eigenvalue weighted by molar-refractivity contribution is 5.58. The molecule has 0 radical (unpaired) electrons. The largest absolute Gasteiger partial charge is 0.368 e. The van der Waals surface area contributed by atoms with Gasteiger partial charge in [0.2, 0.25) is 0 Å². The average Bonchev–Trinajstić information content (AvgIpc) is 3.11. The van der Waals surface area contributed by atoms with Crippen LogP contribution < -0.4 is 4.90 Å². The van der Waals surface area contributed by atoms with Crippen molar-refractivity contribution in [3.63, 3.8) is 0 Å². The Morgan fingerprint density at radius 1 is 0.667 bits per heavy atom. The summed E-state index contributed by atoms with van der Waals surface area (Å²) in [4.78, 5) is 5.90. The third kappa shape index (κ3) is 2.94. The minimum absolute atomic E-state index is 0.795. The minimum atomic E-state index is 0.795. The van der Waals surface area contributed by atoms with Crippen LogP contribution in [0.4, 0.5) is 5.69 Å². The van der Waals surface area contributed by atoms with E-state index >= 15 is 0 Å². The van der Waals surface area contributed by atoms with E-state index in [1.807, 2.05) is 0 Å². The summed E-state index contributed by atoms with van der Waals surface area (Å²) in [7, 11) is 0. The molecular weight excluding hydrogens is 328 g/mol. The fraction of sp³-hybridized carbons (Fsp3) is 0.760. The first-order valence-electron chi connectivity index (χ1n) is 12.0. The van der Waals surface area contributed by atoms with Gasteiger partial charge in [-0.3, -0.25) is 4.90 Å². The molecule has 1 aromatic carbocycles. The number of nitrogens with zero attached hydrogens (tertiary/aromatic N) is 2. The Balaban J connectivity index is 1.21. The van der Waals surface area contributed by atoms with E-state index in [1.165, 1.54) is 77.2 Å². The molecule has 0 N–H and O–H groups in total. The predicted molar refractivity (Wildman–Crippen MR) is 112 cm³/mol. The Hall–Kier alpha value is -1.02. The molecular formula is C25H36N2. The number of rotatable bonds is 2. The van der Waals surface area contributed by atoms with E-state index in [2.05, 4.69) is 34.1 Å². The predicted octanol–water partition coefficient (Wildman–Crippen LogP) is 5.40. The maximum Gasteiger partial charge on any atom is 0.0402 e. The van der Waals surface area contributed by atoms with Crippen LogP contribution >= 0.6 is 0 Å². The van der Waals surface area contributed by atoms with E-state index in [0.717, 1.165) is 36.0 Å². The molecule has 4 fully saturated rings. The molecule has 3 aliphatic heterocycles. The quantitative estimate of drug-likeness (QED) is 0.693. The van der Waals surface area contributed by atoms with E-state index in [1.54, 1.807) is 17.7 Å². The summed E-state index contributed by atoms with van der Waals surface area (Å²) in [5, 5.41) is 0. The Kier molecular flexibility index (Phi) is 4.25. The number of hydrogen-bond donors (Lipinski definition) is 0. The molecule has 3 heterocycles. The molecule has 2 saturated heterocycles. The van der Waals surface area contributed by atoms with Crippen LogP contribution in [0.5, 0.6) is 0 Å². The van der Waals surface area contributed by atoms with Crippen molar-refractivity contribution in [2.24, 2.45) is 11.8 Å². The molecule has 0 spiro atoms. The monoisotopic (exact) mass is 364 g/mol. The van der Waals surface area contributed by atoms with Gasteiger partial charge in [-0.15, -0.1) is 0 Å². The van der Waals surface area contributed by atoms with Crippen molar-refractivity contribution in [1.82, 2.24) is 4.90 Å². The lowest BCUT2D eigenvalue weighted by Crippen LogP contribution is -2.61. The Labute approximate surface area is 165 Å². The maximum absolute atomic E-state index is 3.10. The van der Waals surface area contributed by atoms with Crippen LogP contribution in [0.2, 0.25) is 0 Å². The van der Waals surface area contributed by atoms with E-state index in [4.69, 9.17) is 0 Å². The molecule has 0 aromatic heterocycles. The number of hydrogen-bond acceptors (Lipinski definition) is 2. The number of fused-ring (bicyclic) bond motifs is 5. The van der Waals surface area contributed by atoms with Gasteiger partial charge in [0, 0.05) is 36.4 Å². The van der Waals surface area contributed by atoms with Gasteiger partial charge in [0.25, 0.3) is 0 Å². The molecule has 5 aliphatic rings. The average molecular weight is 365 g/mol. The van der Waals surface area contributed by atoms with E-state index in [-0.39, 0.29) is 0 Å². The Morgan fingerprint density at radius 3 is 2.15 bits per heavy atom. The van der Waals surface area contributed by atoms with Crippen LogP contribution in [-0.2, 0) is 6.42 Å². The molecule has 1 aromatic rings. The Bertz CT molecular complexity index is 659. The van der Waals surface area contributed by atoms with Crippen LogP contribution in [0.15, 0.2) is 24.3 Å². The molecule has 2 aliphatic carbocycles. The first kappa shape index (κ1) is 16.9. The van der Waals surface area contributed by atoms with Crippen molar-refractivity contribution in [1.29, 1.82) is 0 Å². The molecule has 0 amide bonds. The summed E-state index contributed by atoms with van der Waals surface area (Å²) in [5.74, 6) is 2.12. The SMILES string of the molecule is c1ccc2c(c1)CCN2[C@H]1C[C@H]2CCC[C@@H](C1)N2[C@H]1C[C@@H]2CCC[C@@H](C2)C1. The zero-order valence-corrected chi connectivity index (χ0v) is 16.9. The van der Waals surface area contributed by atoms with Gasteiger partial charge in [0.15, 0.2) is 0 Å². The highest BCUT2D eigenvalue weighted by Gasteiger charge is 2.46. The lowest BCUT2D eigenvalue weighted by Gasteiger charge is -2.56. The molecule has 4 bridgehead atoms. The van der Waals surface area contributed by atoms with Gasteiger partial charge in [-0.1, -0.05) is 43.9 Å². The minimum Gasteiger partial charge on any atom is -0.368 e. The van der Waals surface area contributed by atoms with E-state index in [9.17, 15) is 0 Å². The van der Waals surface area contributed by atoms with Crippen molar-refractivity contribution < 1.29 is 0 Å². The topological polar surface area (TPSA) is 6.48 Å². The summed E-state index contributed by atoms with van der Waals surface area (Å²) in [6.07, 6.45) is 17.7. The fourth-order valence-electron chi connectivity index (χ4n) is 7.92. The van der Waals surface area contributed by atoms with Gasteiger partial charge in [0.1, 0.15) is 0 Å². The fourth-order valence-corrected chi connectivity index (χ4v) is 7.92. The number of para-hydroxylation sites is 1. The van der Waals surface area contributed by atoms with Crippen molar-refractivity contribution in [2.75, 3.05) is 11.4 Å².